The average molecular weight is 365 g/mol. The van der Waals surface area contributed by atoms with Gasteiger partial charge in [0, 0.05) is 39.1 Å². The predicted octanol–water partition coefficient (Wildman–Crippen LogP) is 2.09. The van der Waals surface area contributed by atoms with Crippen LogP contribution in [0.3, 0.4) is 0 Å². The molecule has 7 nitrogen and oxygen atoms in total. The first-order chi connectivity index (χ1) is 13.2. The van der Waals surface area contributed by atoms with Gasteiger partial charge >= 0.3 is 0 Å². The zero-order valence-electron chi connectivity index (χ0n) is 16.2. The third kappa shape index (κ3) is 4.97. The van der Waals surface area contributed by atoms with Gasteiger partial charge in [-0.3, -0.25) is 4.40 Å². The second-order valence-electron chi connectivity index (χ2n) is 6.48. The van der Waals surface area contributed by atoms with Gasteiger partial charge in [0.25, 0.3) is 0 Å². The van der Waals surface area contributed by atoms with Crippen LogP contribution in [0.25, 0.3) is 5.65 Å². The zero-order valence-corrected chi connectivity index (χ0v) is 16.2. The van der Waals surface area contributed by atoms with Crippen molar-refractivity contribution >= 4 is 17.3 Å². The Morgan fingerprint density at radius 3 is 2.63 bits per heavy atom. The van der Waals surface area contributed by atoms with Gasteiger partial charge in [-0.2, -0.15) is 0 Å². The maximum atomic E-state index is 4.64. The van der Waals surface area contributed by atoms with E-state index in [0.717, 1.165) is 36.9 Å². The monoisotopic (exact) mass is 365 g/mol. The molecule has 0 fully saturated rings. The maximum absolute atomic E-state index is 4.64. The number of rotatable bonds is 7. The summed E-state index contributed by atoms with van der Waals surface area (Å²) < 4.78 is 1.96. The molecule has 0 aliphatic heterocycles. The summed E-state index contributed by atoms with van der Waals surface area (Å²) in [6, 6.07) is 14.5. The molecule has 0 atom stereocenters. The maximum Gasteiger partial charge on any atom is 0.191 e. The number of nitrogens with one attached hydrogen (secondary N) is 2. The fraction of sp³-hybridized carbons (Fsp3) is 0.350. The van der Waals surface area contributed by atoms with Gasteiger partial charge in [-0.1, -0.05) is 18.2 Å². The van der Waals surface area contributed by atoms with Crippen LogP contribution in [0, 0.1) is 0 Å². The van der Waals surface area contributed by atoms with E-state index in [1.165, 1.54) is 11.3 Å². The number of pyridine rings is 1. The lowest BCUT2D eigenvalue weighted by atomic mass is 10.1. The summed E-state index contributed by atoms with van der Waals surface area (Å²) in [5.41, 5.74) is 3.34. The molecule has 3 rings (SSSR count). The van der Waals surface area contributed by atoms with E-state index in [1.807, 2.05) is 42.9 Å². The smallest absolute Gasteiger partial charge is 0.191 e. The van der Waals surface area contributed by atoms with Crippen LogP contribution < -0.4 is 15.5 Å². The summed E-state index contributed by atoms with van der Waals surface area (Å²) in [5.74, 6) is 1.61. The van der Waals surface area contributed by atoms with E-state index >= 15 is 0 Å². The Morgan fingerprint density at radius 1 is 1.07 bits per heavy atom. The van der Waals surface area contributed by atoms with Crippen molar-refractivity contribution < 1.29 is 0 Å². The highest BCUT2D eigenvalue weighted by molar-refractivity contribution is 5.79. The Morgan fingerprint density at radius 2 is 1.89 bits per heavy atom. The topological polar surface area (TPSA) is 69.8 Å². The van der Waals surface area contributed by atoms with Crippen LogP contribution in [-0.2, 0) is 13.0 Å². The van der Waals surface area contributed by atoms with Gasteiger partial charge in [0.15, 0.2) is 17.4 Å². The normalized spacial score (nSPS) is 11.6. The van der Waals surface area contributed by atoms with Crippen molar-refractivity contribution in [1.29, 1.82) is 0 Å². The summed E-state index contributed by atoms with van der Waals surface area (Å²) >= 11 is 0. The molecule has 0 spiro atoms. The van der Waals surface area contributed by atoms with E-state index in [-0.39, 0.29) is 0 Å². The van der Waals surface area contributed by atoms with Gasteiger partial charge in [-0.15, -0.1) is 10.2 Å². The van der Waals surface area contributed by atoms with Crippen molar-refractivity contribution in [1.82, 2.24) is 25.2 Å². The molecule has 7 heteroatoms. The molecule has 0 aliphatic carbocycles. The first-order valence-corrected chi connectivity index (χ1v) is 9.24. The third-order valence-corrected chi connectivity index (χ3v) is 4.27. The molecule has 2 heterocycles. The number of hydrogen-bond donors (Lipinski definition) is 2. The first-order valence-electron chi connectivity index (χ1n) is 9.24. The molecule has 2 N–H and O–H groups in total. The Labute approximate surface area is 160 Å². The van der Waals surface area contributed by atoms with Gasteiger partial charge < -0.3 is 15.5 Å². The number of fused-ring (bicyclic) bond motifs is 1. The van der Waals surface area contributed by atoms with E-state index in [2.05, 4.69) is 61.9 Å². The molecule has 0 unspecified atom stereocenters. The van der Waals surface area contributed by atoms with Crippen molar-refractivity contribution in [3.8, 4) is 0 Å². The van der Waals surface area contributed by atoms with Gasteiger partial charge in [0.2, 0.25) is 0 Å². The quantitative estimate of drug-likeness (QED) is 0.496. The highest BCUT2D eigenvalue weighted by Crippen LogP contribution is 2.12. The molecule has 0 aliphatic rings. The predicted molar refractivity (Wildman–Crippen MR) is 110 cm³/mol. The van der Waals surface area contributed by atoms with Gasteiger partial charge in [-0.05, 0) is 43.2 Å². The molecule has 2 aromatic heterocycles. The fourth-order valence-electron chi connectivity index (χ4n) is 2.78. The van der Waals surface area contributed by atoms with Crippen molar-refractivity contribution in [3.05, 3.63) is 60.0 Å². The van der Waals surface area contributed by atoms with Crippen molar-refractivity contribution in [2.75, 3.05) is 32.1 Å². The van der Waals surface area contributed by atoms with Gasteiger partial charge in [0.1, 0.15) is 6.54 Å². The van der Waals surface area contributed by atoms with Crippen LogP contribution in [-0.4, -0.2) is 47.7 Å². The molecule has 1 aromatic carbocycles. The minimum absolute atomic E-state index is 0.470. The molecule has 3 aromatic rings. The Balaban J connectivity index is 1.57. The van der Waals surface area contributed by atoms with Crippen LogP contribution in [0.5, 0.6) is 0 Å². The Bertz CT molecular complexity index is 881. The molecule has 0 radical (unpaired) electrons. The molecule has 0 saturated carbocycles. The van der Waals surface area contributed by atoms with Gasteiger partial charge in [-0.25, -0.2) is 4.99 Å². The lowest BCUT2D eigenvalue weighted by molar-refractivity contribution is 0.787. The minimum Gasteiger partial charge on any atom is -0.378 e. The number of anilines is 1. The molecule has 27 heavy (non-hydrogen) atoms. The van der Waals surface area contributed by atoms with E-state index in [4.69, 9.17) is 0 Å². The van der Waals surface area contributed by atoms with Crippen LogP contribution >= 0.6 is 0 Å². The summed E-state index contributed by atoms with van der Waals surface area (Å²) in [5, 5.41) is 15.1. The second-order valence-corrected chi connectivity index (χ2v) is 6.48. The van der Waals surface area contributed by atoms with Crippen LogP contribution in [0.1, 0.15) is 18.3 Å². The highest BCUT2D eigenvalue weighted by atomic mass is 15.3. The zero-order chi connectivity index (χ0) is 19.1. The van der Waals surface area contributed by atoms with E-state index in [1.54, 1.807) is 0 Å². The molecule has 0 saturated heterocycles. The number of guanidine groups is 1. The standard InChI is InChI=1S/C20H27N7/c1-4-21-20(22-13-12-16-8-10-17(11-9-16)26(2)3)23-15-19-25-24-18-7-5-6-14-27(18)19/h5-11,14H,4,12-13,15H2,1-3H3,(H2,21,22,23). The van der Waals surface area contributed by atoms with E-state index in [9.17, 15) is 0 Å². The molecule has 0 bridgehead atoms. The van der Waals surface area contributed by atoms with Gasteiger partial charge in [0.05, 0.1) is 0 Å². The first kappa shape index (κ1) is 18.7. The molecular formula is C20H27N7. The lowest BCUT2D eigenvalue weighted by Gasteiger charge is -2.13. The number of aliphatic imine (C=N–C) groups is 1. The van der Waals surface area contributed by atoms with Crippen LogP contribution in [0.2, 0.25) is 0 Å². The summed E-state index contributed by atoms with van der Waals surface area (Å²) in [6.07, 6.45) is 2.89. The Kier molecular flexibility index (Phi) is 6.25. The SMILES string of the molecule is CCNC(=NCc1nnc2ccccn12)NCCc1ccc(N(C)C)cc1. The van der Waals surface area contributed by atoms with Crippen molar-refractivity contribution in [2.45, 2.75) is 19.9 Å². The van der Waals surface area contributed by atoms with E-state index < -0.39 is 0 Å². The number of benzene rings is 1. The van der Waals surface area contributed by atoms with E-state index in [0.29, 0.717) is 6.54 Å². The fourth-order valence-corrected chi connectivity index (χ4v) is 2.78. The third-order valence-electron chi connectivity index (χ3n) is 4.27. The van der Waals surface area contributed by atoms with Crippen molar-refractivity contribution in [3.63, 3.8) is 0 Å². The summed E-state index contributed by atoms with van der Waals surface area (Å²) in [7, 11) is 4.10. The second kappa shape index (κ2) is 9.02. The number of aromatic nitrogens is 3. The lowest BCUT2D eigenvalue weighted by Crippen LogP contribution is -2.38. The number of nitrogens with zero attached hydrogens (tertiary/aromatic N) is 5. The summed E-state index contributed by atoms with van der Waals surface area (Å²) in [4.78, 5) is 6.74. The number of hydrogen-bond acceptors (Lipinski definition) is 4. The molecule has 142 valence electrons. The molecular weight excluding hydrogens is 338 g/mol. The molecule has 0 amide bonds. The summed E-state index contributed by atoms with van der Waals surface area (Å²) in [6.45, 7) is 4.15. The van der Waals surface area contributed by atoms with Crippen molar-refractivity contribution in [2.24, 2.45) is 4.99 Å². The highest BCUT2D eigenvalue weighted by Gasteiger charge is 2.05. The minimum atomic E-state index is 0.470. The van der Waals surface area contributed by atoms with Crippen LogP contribution in [0.4, 0.5) is 5.69 Å². The van der Waals surface area contributed by atoms with Crippen LogP contribution in [0.15, 0.2) is 53.7 Å². The largest absolute Gasteiger partial charge is 0.378 e. The average Bonchev–Trinajstić information content (AvgIpc) is 3.10. The Hall–Kier alpha value is -3.09.